The number of nitrogens with two attached hydrogens (primary N) is 1. The highest BCUT2D eigenvalue weighted by Gasteiger charge is 2.08. The summed E-state index contributed by atoms with van der Waals surface area (Å²) in [6, 6.07) is 13.8. The highest BCUT2D eigenvalue weighted by atomic mass is 16.1. The van der Waals surface area contributed by atoms with E-state index in [0.717, 1.165) is 5.56 Å². The number of nitrogen functional groups attached to an aromatic ring is 1. The van der Waals surface area contributed by atoms with Gasteiger partial charge in [-0.05, 0) is 48.9 Å². The third kappa shape index (κ3) is 2.72. The van der Waals surface area contributed by atoms with E-state index in [-0.39, 0.29) is 5.91 Å². The summed E-state index contributed by atoms with van der Waals surface area (Å²) in [6.45, 7) is 1.85. The highest BCUT2D eigenvalue weighted by molar-refractivity contribution is 6.05. The molecule has 4 heteroatoms. The molecule has 0 fully saturated rings. The van der Waals surface area contributed by atoms with Crippen LogP contribution in [-0.2, 0) is 0 Å². The largest absolute Gasteiger partial charge is 0.398 e. The fourth-order valence-electron chi connectivity index (χ4n) is 1.68. The molecule has 19 heavy (non-hydrogen) atoms. The first-order chi connectivity index (χ1) is 9.11. The molecule has 0 spiro atoms. The number of anilines is 2. The lowest BCUT2D eigenvalue weighted by Gasteiger charge is -2.10. The van der Waals surface area contributed by atoms with Gasteiger partial charge in [-0.2, -0.15) is 5.26 Å². The Hall–Kier alpha value is -2.80. The normalized spacial score (nSPS) is 9.68. The summed E-state index contributed by atoms with van der Waals surface area (Å²) in [4.78, 5) is 12.0. The van der Waals surface area contributed by atoms with Crippen LogP contribution >= 0.6 is 0 Å². The van der Waals surface area contributed by atoms with E-state index in [0.29, 0.717) is 22.5 Å². The second kappa shape index (κ2) is 5.23. The van der Waals surface area contributed by atoms with Crippen molar-refractivity contribution in [3.63, 3.8) is 0 Å². The van der Waals surface area contributed by atoms with E-state index in [1.54, 1.807) is 42.5 Å². The Kier molecular flexibility index (Phi) is 3.48. The van der Waals surface area contributed by atoms with Crippen molar-refractivity contribution < 1.29 is 4.79 Å². The van der Waals surface area contributed by atoms with Crippen LogP contribution in [0.5, 0.6) is 0 Å². The van der Waals surface area contributed by atoms with Gasteiger partial charge in [0.25, 0.3) is 5.91 Å². The minimum absolute atomic E-state index is 0.224. The van der Waals surface area contributed by atoms with Gasteiger partial charge in [0.15, 0.2) is 0 Å². The molecule has 94 valence electrons. The molecule has 2 aromatic rings. The van der Waals surface area contributed by atoms with E-state index in [1.807, 2.05) is 13.0 Å². The maximum absolute atomic E-state index is 12.0. The van der Waals surface area contributed by atoms with Gasteiger partial charge < -0.3 is 11.1 Å². The maximum atomic E-state index is 12.0. The number of nitrogens with zero attached hydrogens (tertiary/aromatic N) is 1. The van der Waals surface area contributed by atoms with Gasteiger partial charge in [0, 0.05) is 16.9 Å². The first kappa shape index (κ1) is 12.7. The second-order valence-electron chi connectivity index (χ2n) is 4.16. The molecule has 2 rings (SSSR count). The number of nitrogens with one attached hydrogen (secondary N) is 1. The van der Waals surface area contributed by atoms with Crippen LogP contribution in [-0.4, -0.2) is 5.91 Å². The molecule has 0 aliphatic heterocycles. The van der Waals surface area contributed by atoms with Crippen molar-refractivity contribution in [2.75, 3.05) is 11.1 Å². The number of amides is 1. The third-order valence-corrected chi connectivity index (χ3v) is 2.90. The van der Waals surface area contributed by atoms with E-state index in [9.17, 15) is 4.79 Å². The Labute approximate surface area is 111 Å². The lowest BCUT2D eigenvalue weighted by molar-refractivity contribution is 0.102. The van der Waals surface area contributed by atoms with Crippen LogP contribution in [0.4, 0.5) is 11.4 Å². The molecule has 0 unspecified atom stereocenters. The summed E-state index contributed by atoms with van der Waals surface area (Å²) in [6.07, 6.45) is 0. The first-order valence-corrected chi connectivity index (χ1v) is 5.78. The van der Waals surface area contributed by atoms with Gasteiger partial charge in [0.05, 0.1) is 11.6 Å². The van der Waals surface area contributed by atoms with Crippen molar-refractivity contribution in [2.24, 2.45) is 0 Å². The molecule has 0 radical (unpaired) electrons. The van der Waals surface area contributed by atoms with Crippen LogP contribution in [0.1, 0.15) is 21.5 Å². The summed E-state index contributed by atoms with van der Waals surface area (Å²) in [5.74, 6) is -0.224. The number of carbonyl (C=O) groups is 1. The molecule has 4 nitrogen and oxygen atoms in total. The molecule has 2 aromatic carbocycles. The minimum Gasteiger partial charge on any atom is -0.398 e. The zero-order chi connectivity index (χ0) is 13.8. The van der Waals surface area contributed by atoms with Gasteiger partial charge in [-0.1, -0.05) is 6.07 Å². The quantitative estimate of drug-likeness (QED) is 0.805. The fraction of sp³-hybridized carbons (Fsp3) is 0.0667. The Balaban J connectivity index is 2.21. The van der Waals surface area contributed by atoms with Crippen molar-refractivity contribution in [1.29, 1.82) is 5.26 Å². The molecule has 1 amide bonds. The summed E-state index contributed by atoms with van der Waals surface area (Å²) in [7, 11) is 0. The van der Waals surface area contributed by atoms with E-state index in [2.05, 4.69) is 5.32 Å². The molecule has 0 saturated carbocycles. The molecular weight excluding hydrogens is 238 g/mol. The molecule has 0 aliphatic carbocycles. The van der Waals surface area contributed by atoms with Gasteiger partial charge in [-0.25, -0.2) is 0 Å². The number of benzene rings is 2. The van der Waals surface area contributed by atoms with Crippen LogP contribution < -0.4 is 11.1 Å². The smallest absolute Gasteiger partial charge is 0.255 e. The Morgan fingerprint density at radius 2 is 1.89 bits per heavy atom. The van der Waals surface area contributed by atoms with Crippen molar-refractivity contribution in [1.82, 2.24) is 0 Å². The van der Waals surface area contributed by atoms with Gasteiger partial charge in [-0.3, -0.25) is 4.79 Å². The molecule has 0 heterocycles. The highest BCUT2D eigenvalue weighted by Crippen LogP contribution is 2.21. The summed E-state index contributed by atoms with van der Waals surface area (Å²) in [5.41, 5.74) is 8.97. The second-order valence-corrected chi connectivity index (χ2v) is 4.16. The molecule has 0 aromatic heterocycles. The van der Waals surface area contributed by atoms with E-state index in [4.69, 9.17) is 11.0 Å². The van der Waals surface area contributed by atoms with E-state index in [1.165, 1.54) is 0 Å². The van der Waals surface area contributed by atoms with Gasteiger partial charge >= 0.3 is 0 Å². The SMILES string of the molecule is Cc1c(N)cccc1NC(=O)c1ccc(C#N)cc1. The van der Waals surface area contributed by atoms with Crippen LogP contribution in [0.25, 0.3) is 0 Å². The van der Waals surface area contributed by atoms with Gasteiger partial charge in [0.1, 0.15) is 0 Å². The van der Waals surface area contributed by atoms with Crippen LogP contribution in [0, 0.1) is 18.3 Å². The number of hydrogen-bond donors (Lipinski definition) is 2. The van der Waals surface area contributed by atoms with Crippen LogP contribution in [0.15, 0.2) is 42.5 Å². The monoisotopic (exact) mass is 251 g/mol. The molecule has 0 atom stereocenters. The average molecular weight is 251 g/mol. The minimum atomic E-state index is -0.224. The topological polar surface area (TPSA) is 78.9 Å². The van der Waals surface area contributed by atoms with E-state index >= 15 is 0 Å². The van der Waals surface area contributed by atoms with Crippen molar-refractivity contribution in [2.45, 2.75) is 6.92 Å². The summed E-state index contributed by atoms with van der Waals surface area (Å²) >= 11 is 0. The van der Waals surface area contributed by atoms with Crippen molar-refractivity contribution >= 4 is 17.3 Å². The Bertz CT molecular complexity index is 654. The van der Waals surface area contributed by atoms with Gasteiger partial charge in [0.2, 0.25) is 0 Å². The van der Waals surface area contributed by atoms with Crippen molar-refractivity contribution in [3.8, 4) is 6.07 Å². The molecule has 0 bridgehead atoms. The summed E-state index contributed by atoms with van der Waals surface area (Å²) < 4.78 is 0. The average Bonchev–Trinajstić information content (AvgIpc) is 2.44. The lowest BCUT2D eigenvalue weighted by Crippen LogP contribution is -2.13. The molecule has 0 saturated heterocycles. The zero-order valence-electron chi connectivity index (χ0n) is 10.5. The summed E-state index contributed by atoms with van der Waals surface area (Å²) in [5, 5.41) is 11.5. The maximum Gasteiger partial charge on any atom is 0.255 e. The third-order valence-electron chi connectivity index (χ3n) is 2.90. The number of rotatable bonds is 2. The van der Waals surface area contributed by atoms with Gasteiger partial charge in [-0.15, -0.1) is 0 Å². The number of hydrogen-bond acceptors (Lipinski definition) is 3. The fourth-order valence-corrected chi connectivity index (χ4v) is 1.68. The Morgan fingerprint density at radius 3 is 2.53 bits per heavy atom. The van der Waals surface area contributed by atoms with Crippen molar-refractivity contribution in [3.05, 3.63) is 59.2 Å². The number of carbonyl (C=O) groups excluding carboxylic acids is 1. The standard InChI is InChI=1S/C15H13N3O/c1-10-13(17)3-2-4-14(10)18-15(19)12-7-5-11(9-16)6-8-12/h2-8H,17H2,1H3,(H,18,19). The van der Waals surface area contributed by atoms with Crippen LogP contribution in [0.2, 0.25) is 0 Å². The predicted molar refractivity (Wildman–Crippen MR) is 74.7 cm³/mol. The van der Waals surface area contributed by atoms with E-state index < -0.39 is 0 Å². The zero-order valence-corrected chi connectivity index (χ0v) is 10.5. The number of nitriles is 1. The van der Waals surface area contributed by atoms with Crippen LogP contribution in [0.3, 0.4) is 0 Å². The molecule has 0 aliphatic rings. The lowest BCUT2D eigenvalue weighted by atomic mass is 10.1. The molecule has 3 N–H and O–H groups in total. The molecular formula is C15H13N3O. The predicted octanol–water partition coefficient (Wildman–Crippen LogP) is 2.70. The first-order valence-electron chi connectivity index (χ1n) is 5.78. The Morgan fingerprint density at radius 1 is 1.21 bits per heavy atom.